The molecular formula is C17H16N4O2. The molecule has 0 aliphatic heterocycles. The highest BCUT2D eigenvalue weighted by Crippen LogP contribution is 2.17. The first-order chi connectivity index (χ1) is 11.2. The molecule has 0 atom stereocenters. The summed E-state index contributed by atoms with van der Waals surface area (Å²) >= 11 is 0. The third-order valence-electron chi connectivity index (χ3n) is 3.26. The van der Waals surface area contributed by atoms with Gasteiger partial charge in [-0.15, -0.1) is 5.10 Å². The predicted octanol–water partition coefficient (Wildman–Crippen LogP) is 3.63. The number of aryl methyl sites for hydroxylation is 1. The topological polar surface area (TPSA) is 80.0 Å². The van der Waals surface area contributed by atoms with Crippen LogP contribution in [0.4, 0.5) is 17.4 Å². The van der Waals surface area contributed by atoms with Crippen molar-refractivity contribution in [3.8, 4) is 0 Å². The smallest absolute Gasteiger partial charge is 0.320 e. The molecule has 0 bridgehead atoms. The van der Waals surface area contributed by atoms with Gasteiger partial charge in [0.25, 0.3) is 0 Å². The van der Waals surface area contributed by atoms with Gasteiger partial charge in [0, 0.05) is 11.4 Å². The molecule has 6 nitrogen and oxygen atoms in total. The molecule has 0 spiro atoms. The summed E-state index contributed by atoms with van der Waals surface area (Å²) in [5, 5.41) is 13.2. The predicted molar refractivity (Wildman–Crippen MR) is 87.8 cm³/mol. The lowest BCUT2D eigenvalue weighted by Gasteiger charge is -2.02. The first-order valence-corrected chi connectivity index (χ1v) is 7.30. The maximum atomic E-state index is 12.0. The number of hydrogen-bond acceptors (Lipinski definition) is 5. The van der Waals surface area contributed by atoms with Crippen LogP contribution in [-0.4, -0.2) is 16.1 Å². The normalized spacial score (nSPS) is 10.3. The number of nitrogens with zero attached hydrogens (tertiary/aromatic N) is 2. The molecule has 116 valence electrons. The second kappa shape index (κ2) is 6.74. The summed E-state index contributed by atoms with van der Waals surface area (Å²) in [5.41, 5.74) is 2.73. The fraction of sp³-hybridized carbons (Fsp3) is 0.118. The van der Waals surface area contributed by atoms with Crippen molar-refractivity contribution in [1.29, 1.82) is 0 Å². The van der Waals surface area contributed by atoms with Gasteiger partial charge in [0.2, 0.25) is 0 Å². The minimum absolute atomic E-state index is 0.0958. The summed E-state index contributed by atoms with van der Waals surface area (Å²) < 4.78 is 5.33. The summed E-state index contributed by atoms with van der Waals surface area (Å²) in [6.07, 6.45) is 0.977. The minimum atomic E-state index is -0.446. The van der Waals surface area contributed by atoms with Crippen molar-refractivity contribution in [3.63, 3.8) is 0 Å². The van der Waals surface area contributed by atoms with E-state index >= 15 is 0 Å². The van der Waals surface area contributed by atoms with E-state index in [4.69, 9.17) is 4.42 Å². The fourth-order valence-electron chi connectivity index (χ4n) is 2.02. The Labute approximate surface area is 133 Å². The molecule has 6 heteroatoms. The summed E-state index contributed by atoms with van der Waals surface area (Å²) in [5.74, 6) is -0.542. The van der Waals surface area contributed by atoms with Crippen molar-refractivity contribution >= 4 is 23.3 Å². The standard InChI is InChI=1S/C17H16N4O2/c1-2-12-8-10-14(11-9-12)19-17-21-20-16(23-17)15(22)18-13-6-4-3-5-7-13/h3-11H,2H2,1H3,(H,18,22)(H,19,21). The molecule has 23 heavy (non-hydrogen) atoms. The van der Waals surface area contributed by atoms with Gasteiger partial charge in [-0.05, 0) is 36.2 Å². The van der Waals surface area contributed by atoms with Gasteiger partial charge in [-0.2, -0.15) is 0 Å². The molecule has 0 saturated heterocycles. The number of amides is 1. The molecule has 0 fully saturated rings. The van der Waals surface area contributed by atoms with Crippen LogP contribution >= 0.6 is 0 Å². The van der Waals surface area contributed by atoms with Crippen LogP contribution in [0.3, 0.4) is 0 Å². The maximum Gasteiger partial charge on any atom is 0.320 e. The molecule has 1 heterocycles. The number of nitrogens with one attached hydrogen (secondary N) is 2. The van der Waals surface area contributed by atoms with Crippen LogP contribution in [0, 0.1) is 0 Å². The fourth-order valence-corrected chi connectivity index (χ4v) is 2.02. The van der Waals surface area contributed by atoms with E-state index in [0.29, 0.717) is 5.69 Å². The van der Waals surface area contributed by atoms with Gasteiger partial charge in [0.15, 0.2) is 0 Å². The van der Waals surface area contributed by atoms with E-state index < -0.39 is 5.91 Å². The van der Waals surface area contributed by atoms with E-state index in [1.165, 1.54) is 5.56 Å². The van der Waals surface area contributed by atoms with Crippen LogP contribution in [0.2, 0.25) is 0 Å². The number of para-hydroxylation sites is 1. The molecule has 2 aromatic carbocycles. The second-order valence-electron chi connectivity index (χ2n) is 4.91. The zero-order valence-electron chi connectivity index (χ0n) is 12.6. The van der Waals surface area contributed by atoms with E-state index in [9.17, 15) is 4.79 Å². The van der Waals surface area contributed by atoms with Crippen LogP contribution in [0.15, 0.2) is 59.0 Å². The number of rotatable bonds is 5. The number of hydrogen-bond donors (Lipinski definition) is 2. The largest absolute Gasteiger partial charge is 0.399 e. The number of carbonyl (C=O) groups excluding carboxylic acids is 1. The molecule has 0 radical (unpaired) electrons. The van der Waals surface area contributed by atoms with Gasteiger partial charge in [-0.25, -0.2) is 0 Å². The Hall–Kier alpha value is -3.15. The van der Waals surface area contributed by atoms with Gasteiger partial charge in [-0.1, -0.05) is 42.4 Å². The molecule has 0 unspecified atom stereocenters. The van der Waals surface area contributed by atoms with Gasteiger partial charge in [0.05, 0.1) is 0 Å². The van der Waals surface area contributed by atoms with Crippen molar-refractivity contribution in [2.75, 3.05) is 10.6 Å². The Morgan fingerprint density at radius 1 is 1.00 bits per heavy atom. The van der Waals surface area contributed by atoms with Crippen LogP contribution in [0.1, 0.15) is 23.2 Å². The van der Waals surface area contributed by atoms with Crippen LogP contribution < -0.4 is 10.6 Å². The quantitative estimate of drug-likeness (QED) is 0.752. The summed E-state index contributed by atoms with van der Waals surface area (Å²) in [4.78, 5) is 12.0. The Balaban J connectivity index is 1.66. The molecule has 1 aromatic heterocycles. The lowest BCUT2D eigenvalue weighted by Crippen LogP contribution is -2.12. The maximum absolute atomic E-state index is 12.0. The highest BCUT2D eigenvalue weighted by Gasteiger charge is 2.15. The van der Waals surface area contributed by atoms with Gasteiger partial charge < -0.3 is 15.1 Å². The lowest BCUT2D eigenvalue weighted by molar-refractivity contribution is 0.0991. The number of benzene rings is 2. The van der Waals surface area contributed by atoms with E-state index in [-0.39, 0.29) is 11.9 Å². The number of anilines is 3. The average molecular weight is 308 g/mol. The van der Waals surface area contributed by atoms with Crippen molar-refractivity contribution in [2.24, 2.45) is 0 Å². The SMILES string of the molecule is CCc1ccc(Nc2nnc(C(=O)Nc3ccccc3)o2)cc1. The first kappa shape index (κ1) is 14.8. The highest BCUT2D eigenvalue weighted by molar-refractivity contribution is 6.00. The molecular weight excluding hydrogens is 292 g/mol. The average Bonchev–Trinajstić information content (AvgIpc) is 3.05. The Morgan fingerprint density at radius 2 is 1.74 bits per heavy atom. The molecule has 2 N–H and O–H groups in total. The zero-order valence-corrected chi connectivity index (χ0v) is 12.6. The minimum Gasteiger partial charge on any atom is -0.399 e. The number of carbonyl (C=O) groups is 1. The Bertz CT molecular complexity index is 782. The van der Waals surface area contributed by atoms with Gasteiger partial charge >= 0.3 is 17.8 Å². The van der Waals surface area contributed by atoms with Crippen molar-refractivity contribution in [2.45, 2.75) is 13.3 Å². The third-order valence-corrected chi connectivity index (χ3v) is 3.26. The van der Waals surface area contributed by atoms with E-state index in [2.05, 4.69) is 27.8 Å². The zero-order chi connectivity index (χ0) is 16.1. The molecule has 0 aliphatic carbocycles. The molecule has 1 amide bonds. The van der Waals surface area contributed by atoms with Crippen LogP contribution in [0.5, 0.6) is 0 Å². The van der Waals surface area contributed by atoms with E-state index in [0.717, 1.165) is 12.1 Å². The summed E-state index contributed by atoms with van der Waals surface area (Å²) in [7, 11) is 0. The van der Waals surface area contributed by atoms with Gasteiger partial charge in [-0.3, -0.25) is 4.79 Å². The monoisotopic (exact) mass is 308 g/mol. The van der Waals surface area contributed by atoms with Crippen molar-refractivity contribution in [1.82, 2.24) is 10.2 Å². The first-order valence-electron chi connectivity index (χ1n) is 7.30. The summed E-state index contributed by atoms with van der Waals surface area (Å²) in [6.45, 7) is 2.10. The number of aromatic nitrogens is 2. The molecule has 0 aliphatic rings. The van der Waals surface area contributed by atoms with Crippen LogP contribution in [-0.2, 0) is 6.42 Å². The Morgan fingerprint density at radius 3 is 2.43 bits per heavy atom. The van der Waals surface area contributed by atoms with Crippen molar-refractivity contribution in [3.05, 3.63) is 66.1 Å². The second-order valence-corrected chi connectivity index (χ2v) is 4.91. The highest BCUT2D eigenvalue weighted by atomic mass is 16.4. The molecule has 0 saturated carbocycles. The Kier molecular flexibility index (Phi) is 4.33. The summed E-state index contributed by atoms with van der Waals surface area (Å²) in [6, 6.07) is 17.1. The molecule has 3 aromatic rings. The van der Waals surface area contributed by atoms with E-state index in [1.54, 1.807) is 12.1 Å². The van der Waals surface area contributed by atoms with Crippen molar-refractivity contribution < 1.29 is 9.21 Å². The van der Waals surface area contributed by atoms with Gasteiger partial charge in [0.1, 0.15) is 0 Å². The lowest BCUT2D eigenvalue weighted by atomic mass is 10.1. The van der Waals surface area contributed by atoms with E-state index in [1.807, 2.05) is 42.5 Å². The molecule has 3 rings (SSSR count). The van der Waals surface area contributed by atoms with Crippen LogP contribution in [0.25, 0.3) is 0 Å². The third kappa shape index (κ3) is 3.74.